The molecule has 1 aliphatic carbocycles. The number of hydrogen-bond acceptors (Lipinski definition) is 3. The van der Waals surface area contributed by atoms with Gasteiger partial charge >= 0.3 is 0 Å². The van der Waals surface area contributed by atoms with E-state index in [-0.39, 0.29) is 5.82 Å². The fourth-order valence-corrected chi connectivity index (χ4v) is 2.72. The van der Waals surface area contributed by atoms with Gasteiger partial charge in [0.05, 0.1) is 5.69 Å². The molecule has 5 heteroatoms. The maximum absolute atomic E-state index is 13.9. The average molecular weight is 291 g/mol. The van der Waals surface area contributed by atoms with Crippen LogP contribution in [0.15, 0.2) is 29.3 Å². The predicted molar refractivity (Wildman–Crippen MR) is 80.2 cm³/mol. The Morgan fingerprint density at radius 3 is 2.90 bits per heavy atom. The number of nitrogens with zero attached hydrogens (tertiary/aromatic N) is 2. The SMILES string of the molecule is CSc1ccc(-c2nn(C)cc2CNC2CC2)cc1F. The average Bonchev–Trinajstić information content (AvgIpc) is 3.19. The molecule has 0 amide bonds. The minimum atomic E-state index is -0.179. The van der Waals surface area contributed by atoms with Gasteiger partial charge in [0.2, 0.25) is 0 Å². The number of aryl methyl sites for hydroxylation is 1. The van der Waals surface area contributed by atoms with Crippen molar-refractivity contribution in [1.29, 1.82) is 0 Å². The van der Waals surface area contributed by atoms with Crippen molar-refractivity contribution in [1.82, 2.24) is 15.1 Å². The number of thioether (sulfide) groups is 1. The first-order valence-corrected chi connectivity index (χ1v) is 7.99. The molecule has 0 saturated heterocycles. The number of hydrogen-bond donors (Lipinski definition) is 1. The summed E-state index contributed by atoms with van der Waals surface area (Å²) in [6, 6.07) is 5.99. The topological polar surface area (TPSA) is 29.9 Å². The van der Waals surface area contributed by atoms with E-state index in [1.165, 1.54) is 24.6 Å². The molecule has 3 rings (SSSR count). The Hall–Kier alpha value is -1.33. The van der Waals surface area contributed by atoms with Crippen molar-refractivity contribution in [2.45, 2.75) is 30.3 Å². The third kappa shape index (κ3) is 2.88. The van der Waals surface area contributed by atoms with E-state index in [9.17, 15) is 4.39 Å². The molecule has 1 N–H and O–H groups in total. The summed E-state index contributed by atoms with van der Waals surface area (Å²) in [5, 5.41) is 7.96. The molecule has 106 valence electrons. The highest BCUT2D eigenvalue weighted by atomic mass is 32.2. The number of aromatic nitrogens is 2. The molecule has 1 aliphatic rings. The summed E-state index contributed by atoms with van der Waals surface area (Å²) >= 11 is 1.42. The number of nitrogens with one attached hydrogen (secondary N) is 1. The molecular formula is C15H18FN3S. The van der Waals surface area contributed by atoms with E-state index in [2.05, 4.69) is 10.4 Å². The Bertz CT molecular complexity index is 620. The van der Waals surface area contributed by atoms with Crippen LogP contribution in [0, 0.1) is 5.82 Å². The van der Waals surface area contributed by atoms with Crippen molar-refractivity contribution in [2.75, 3.05) is 6.26 Å². The van der Waals surface area contributed by atoms with E-state index in [0.717, 1.165) is 23.4 Å². The number of benzene rings is 1. The van der Waals surface area contributed by atoms with Crippen LogP contribution >= 0.6 is 11.8 Å². The third-order valence-electron chi connectivity index (χ3n) is 3.49. The summed E-state index contributed by atoms with van der Waals surface area (Å²) in [4.78, 5) is 0.669. The minimum Gasteiger partial charge on any atom is -0.310 e. The van der Waals surface area contributed by atoms with E-state index in [4.69, 9.17) is 0 Å². The van der Waals surface area contributed by atoms with Crippen molar-refractivity contribution in [3.8, 4) is 11.3 Å². The summed E-state index contributed by atoms with van der Waals surface area (Å²) in [5.41, 5.74) is 2.83. The molecule has 1 aromatic heterocycles. The maximum Gasteiger partial charge on any atom is 0.137 e. The van der Waals surface area contributed by atoms with Crippen LogP contribution in [0.1, 0.15) is 18.4 Å². The fourth-order valence-electron chi connectivity index (χ4n) is 2.27. The second-order valence-corrected chi connectivity index (χ2v) is 6.03. The standard InChI is InChI=1S/C15H18FN3S/c1-19-9-11(8-17-12-4-5-12)15(18-19)10-3-6-14(20-2)13(16)7-10/h3,6-7,9,12,17H,4-5,8H2,1-2H3. The first kappa shape index (κ1) is 13.6. The molecule has 0 spiro atoms. The van der Waals surface area contributed by atoms with Crippen molar-refractivity contribution >= 4 is 11.8 Å². The molecule has 1 aromatic carbocycles. The van der Waals surface area contributed by atoms with Crippen LogP contribution in [-0.2, 0) is 13.6 Å². The van der Waals surface area contributed by atoms with Gasteiger partial charge < -0.3 is 5.32 Å². The second kappa shape index (κ2) is 5.58. The predicted octanol–water partition coefficient (Wildman–Crippen LogP) is 3.20. The lowest BCUT2D eigenvalue weighted by molar-refractivity contribution is 0.602. The highest BCUT2D eigenvalue weighted by Crippen LogP contribution is 2.28. The minimum absolute atomic E-state index is 0.179. The first-order chi connectivity index (χ1) is 9.67. The highest BCUT2D eigenvalue weighted by molar-refractivity contribution is 7.98. The fraction of sp³-hybridized carbons (Fsp3) is 0.400. The van der Waals surface area contributed by atoms with Gasteiger partial charge in [0.15, 0.2) is 0 Å². The van der Waals surface area contributed by atoms with E-state index >= 15 is 0 Å². The summed E-state index contributed by atoms with van der Waals surface area (Å²) in [6.07, 6.45) is 6.40. The van der Waals surface area contributed by atoms with Crippen LogP contribution in [0.4, 0.5) is 4.39 Å². The molecule has 3 nitrogen and oxygen atoms in total. The van der Waals surface area contributed by atoms with E-state index in [1.54, 1.807) is 10.7 Å². The summed E-state index contributed by atoms with van der Waals surface area (Å²) in [6.45, 7) is 0.791. The summed E-state index contributed by atoms with van der Waals surface area (Å²) in [7, 11) is 1.90. The van der Waals surface area contributed by atoms with Gasteiger partial charge in [-0.15, -0.1) is 11.8 Å². The van der Waals surface area contributed by atoms with Gasteiger partial charge in [-0.3, -0.25) is 4.68 Å². The molecule has 0 unspecified atom stereocenters. The molecule has 1 saturated carbocycles. The molecule has 0 radical (unpaired) electrons. The molecule has 20 heavy (non-hydrogen) atoms. The van der Waals surface area contributed by atoms with Gasteiger partial charge in [0.25, 0.3) is 0 Å². The first-order valence-electron chi connectivity index (χ1n) is 6.77. The van der Waals surface area contributed by atoms with Crippen LogP contribution in [0.25, 0.3) is 11.3 Å². The van der Waals surface area contributed by atoms with Gasteiger partial charge in [-0.1, -0.05) is 6.07 Å². The van der Waals surface area contributed by atoms with Crippen molar-refractivity contribution in [3.05, 3.63) is 35.8 Å². The van der Waals surface area contributed by atoms with Crippen LogP contribution < -0.4 is 5.32 Å². The molecule has 0 aliphatic heterocycles. The van der Waals surface area contributed by atoms with Gasteiger partial charge in [-0.25, -0.2) is 4.39 Å². The van der Waals surface area contributed by atoms with Gasteiger partial charge in [-0.05, 0) is 31.2 Å². The molecule has 0 atom stereocenters. The smallest absolute Gasteiger partial charge is 0.137 e. The summed E-state index contributed by atoms with van der Waals surface area (Å²) in [5.74, 6) is -0.179. The zero-order chi connectivity index (χ0) is 14.1. The maximum atomic E-state index is 13.9. The van der Waals surface area contributed by atoms with Crippen LogP contribution in [-0.4, -0.2) is 22.1 Å². The van der Waals surface area contributed by atoms with Gasteiger partial charge in [0, 0.05) is 41.9 Å². The largest absolute Gasteiger partial charge is 0.310 e. The zero-order valence-electron chi connectivity index (χ0n) is 11.7. The normalized spacial score (nSPS) is 14.8. The van der Waals surface area contributed by atoms with Crippen LogP contribution in [0.2, 0.25) is 0 Å². The Morgan fingerprint density at radius 1 is 1.45 bits per heavy atom. The van der Waals surface area contributed by atoms with Crippen molar-refractivity contribution in [3.63, 3.8) is 0 Å². The molecule has 1 fully saturated rings. The molecule has 1 heterocycles. The Labute approximate surface area is 122 Å². The Kier molecular flexibility index (Phi) is 3.81. The van der Waals surface area contributed by atoms with Crippen molar-refractivity contribution < 1.29 is 4.39 Å². The van der Waals surface area contributed by atoms with E-state index < -0.39 is 0 Å². The molecular weight excluding hydrogens is 273 g/mol. The summed E-state index contributed by atoms with van der Waals surface area (Å²) < 4.78 is 15.7. The van der Waals surface area contributed by atoms with E-state index in [0.29, 0.717) is 10.9 Å². The molecule has 0 bridgehead atoms. The van der Waals surface area contributed by atoms with Gasteiger partial charge in [0.1, 0.15) is 5.82 Å². The zero-order valence-corrected chi connectivity index (χ0v) is 12.5. The second-order valence-electron chi connectivity index (χ2n) is 5.18. The van der Waals surface area contributed by atoms with E-state index in [1.807, 2.05) is 31.6 Å². The third-order valence-corrected chi connectivity index (χ3v) is 4.26. The monoisotopic (exact) mass is 291 g/mol. The highest BCUT2D eigenvalue weighted by Gasteiger charge is 2.21. The van der Waals surface area contributed by atoms with Crippen molar-refractivity contribution in [2.24, 2.45) is 7.05 Å². The van der Waals surface area contributed by atoms with Crippen LogP contribution in [0.5, 0.6) is 0 Å². The Morgan fingerprint density at radius 2 is 2.25 bits per heavy atom. The molecule has 2 aromatic rings. The Balaban J connectivity index is 1.89. The lowest BCUT2D eigenvalue weighted by Gasteiger charge is -2.05. The van der Waals surface area contributed by atoms with Crippen LogP contribution in [0.3, 0.4) is 0 Å². The quantitative estimate of drug-likeness (QED) is 0.858. The lowest BCUT2D eigenvalue weighted by atomic mass is 10.1. The number of halogens is 1. The lowest BCUT2D eigenvalue weighted by Crippen LogP contribution is -2.15. The van der Waals surface area contributed by atoms with Gasteiger partial charge in [-0.2, -0.15) is 5.10 Å². The number of rotatable bonds is 5.